The Morgan fingerprint density at radius 1 is 1.26 bits per heavy atom. The van der Waals surface area contributed by atoms with Gasteiger partial charge in [0.25, 0.3) is 0 Å². The predicted molar refractivity (Wildman–Crippen MR) is 75.3 cm³/mol. The van der Waals surface area contributed by atoms with E-state index in [-0.39, 0.29) is 13.2 Å². The molecule has 106 valence electrons. The van der Waals surface area contributed by atoms with Crippen molar-refractivity contribution in [1.82, 2.24) is 0 Å². The summed E-state index contributed by atoms with van der Waals surface area (Å²) in [5.74, 6) is 0. The standard InChI is InChI=1S/C13H20NO4P/c1-5-16-19(15,17-6-2)18-14-12(4)13-9-7-8-11(3)10-13/h7-10H,5-6H2,1-4H3/b14-12+. The Hall–Kier alpha value is -1.16. The minimum absolute atomic E-state index is 0.232. The smallest absolute Gasteiger partial charge is 0.292 e. The molecule has 0 radical (unpaired) electrons. The third kappa shape index (κ3) is 5.15. The zero-order valence-corrected chi connectivity index (χ0v) is 12.6. The molecule has 0 fully saturated rings. The van der Waals surface area contributed by atoms with Crippen molar-refractivity contribution >= 4 is 13.5 Å². The highest BCUT2D eigenvalue weighted by Gasteiger charge is 2.27. The van der Waals surface area contributed by atoms with Crippen molar-refractivity contribution < 1.29 is 18.2 Å². The van der Waals surface area contributed by atoms with Gasteiger partial charge in [0, 0.05) is 0 Å². The topological polar surface area (TPSA) is 57.1 Å². The van der Waals surface area contributed by atoms with Gasteiger partial charge in [0.15, 0.2) is 0 Å². The molecule has 5 nitrogen and oxygen atoms in total. The fourth-order valence-electron chi connectivity index (χ4n) is 1.43. The lowest BCUT2D eigenvalue weighted by atomic mass is 10.1. The summed E-state index contributed by atoms with van der Waals surface area (Å²) in [4.78, 5) is 0. The maximum absolute atomic E-state index is 12.0. The quantitative estimate of drug-likeness (QED) is 0.433. The highest BCUT2D eigenvalue weighted by atomic mass is 31.2. The zero-order chi connectivity index (χ0) is 14.3. The molecule has 0 bridgehead atoms. The van der Waals surface area contributed by atoms with Gasteiger partial charge in [-0.3, -0.25) is 13.7 Å². The van der Waals surface area contributed by atoms with Crippen molar-refractivity contribution in [1.29, 1.82) is 0 Å². The van der Waals surface area contributed by atoms with Crippen LogP contribution in [-0.2, 0) is 18.2 Å². The van der Waals surface area contributed by atoms with E-state index < -0.39 is 7.82 Å². The number of rotatable bonds is 7. The van der Waals surface area contributed by atoms with Crippen molar-refractivity contribution in [3.05, 3.63) is 35.4 Å². The molecule has 1 aromatic carbocycles. The summed E-state index contributed by atoms with van der Waals surface area (Å²) < 4.78 is 27.0. The first-order valence-corrected chi connectivity index (χ1v) is 7.66. The van der Waals surface area contributed by atoms with E-state index in [0.29, 0.717) is 5.71 Å². The molecule has 0 spiro atoms. The van der Waals surface area contributed by atoms with Crippen LogP contribution >= 0.6 is 7.82 Å². The van der Waals surface area contributed by atoms with Crippen molar-refractivity contribution in [3.63, 3.8) is 0 Å². The fourth-order valence-corrected chi connectivity index (χ4v) is 2.46. The van der Waals surface area contributed by atoms with Crippen molar-refractivity contribution in [2.24, 2.45) is 5.16 Å². The highest BCUT2D eigenvalue weighted by Crippen LogP contribution is 2.49. The molecule has 1 rings (SSSR count). The van der Waals surface area contributed by atoms with E-state index in [1.165, 1.54) is 0 Å². The molecule has 6 heteroatoms. The second-order valence-corrected chi connectivity index (χ2v) is 5.48. The van der Waals surface area contributed by atoms with Gasteiger partial charge in [-0.2, -0.15) is 0 Å². The van der Waals surface area contributed by atoms with Gasteiger partial charge in [-0.1, -0.05) is 35.0 Å². The Bertz CT molecular complexity index is 477. The van der Waals surface area contributed by atoms with Gasteiger partial charge in [-0.25, -0.2) is 4.57 Å². The molecule has 0 saturated carbocycles. The summed E-state index contributed by atoms with van der Waals surface area (Å²) in [7, 11) is -3.59. The third-order valence-electron chi connectivity index (χ3n) is 2.29. The summed E-state index contributed by atoms with van der Waals surface area (Å²) in [5.41, 5.74) is 2.63. The second-order valence-electron chi connectivity index (χ2n) is 3.91. The molecule has 19 heavy (non-hydrogen) atoms. The lowest BCUT2D eigenvalue weighted by Gasteiger charge is -2.13. The summed E-state index contributed by atoms with van der Waals surface area (Å²) >= 11 is 0. The van der Waals surface area contributed by atoms with Crippen molar-refractivity contribution in [2.75, 3.05) is 13.2 Å². The Morgan fingerprint density at radius 2 is 1.89 bits per heavy atom. The molecule has 0 N–H and O–H groups in total. The molecule has 0 aliphatic rings. The number of oxime groups is 1. The van der Waals surface area contributed by atoms with Crippen LogP contribution in [0.25, 0.3) is 0 Å². The second kappa shape index (κ2) is 7.43. The maximum atomic E-state index is 12.0. The molecule has 0 amide bonds. The number of nitrogens with zero attached hydrogens (tertiary/aromatic N) is 1. The van der Waals surface area contributed by atoms with Crippen LogP contribution in [0.5, 0.6) is 0 Å². The normalized spacial score (nSPS) is 12.5. The molecular formula is C13H20NO4P. The van der Waals surface area contributed by atoms with Gasteiger partial charge in [0.2, 0.25) is 0 Å². The number of benzene rings is 1. The Morgan fingerprint density at radius 3 is 2.42 bits per heavy atom. The van der Waals surface area contributed by atoms with Gasteiger partial charge < -0.3 is 0 Å². The van der Waals surface area contributed by atoms with Crippen LogP contribution in [0.1, 0.15) is 31.9 Å². The largest absolute Gasteiger partial charge is 0.550 e. The van der Waals surface area contributed by atoms with Gasteiger partial charge in [-0.05, 0) is 33.3 Å². The number of hydrogen-bond acceptors (Lipinski definition) is 5. The molecule has 0 heterocycles. The van der Waals surface area contributed by atoms with Crippen LogP contribution in [0.15, 0.2) is 29.4 Å². The van der Waals surface area contributed by atoms with Gasteiger partial charge in [-0.15, -0.1) is 0 Å². The third-order valence-corrected chi connectivity index (χ3v) is 3.72. The summed E-state index contributed by atoms with van der Waals surface area (Å²) in [6.45, 7) is 7.66. The van der Waals surface area contributed by atoms with Crippen LogP contribution in [0.4, 0.5) is 0 Å². The van der Waals surface area contributed by atoms with E-state index in [0.717, 1.165) is 11.1 Å². The van der Waals surface area contributed by atoms with Crippen molar-refractivity contribution in [2.45, 2.75) is 27.7 Å². The minimum atomic E-state index is -3.59. The minimum Gasteiger partial charge on any atom is -0.292 e. The van der Waals surface area contributed by atoms with Crippen LogP contribution < -0.4 is 0 Å². The molecular weight excluding hydrogens is 265 g/mol. The molecule has 0 aromatic heterocycles. The van der Waals surface area contributed by atoms with Crippen LogP contribution in [0.3, 0.4) is 0 Å². The Balaban J connectivity index is 2.81. The average Bonchev–Trinajstić information content (AvgIpc) is 2.37. The molecule has 0 atom stereocenters. The number of phosphoric ester groups is 1. The predicted octanol–water partition coefficient (Wildman–Crippen LogP) is 3.92. The highest BCUT2D eigenvalue weighted by molar-refractivity contribution is 7.48. The summed E-state index contributed by atoms with van der Waals surface area (Å²) in [6, 6.07) is 7.78. The van der Waals surface area contributed by atoms with E-state index in [9.17, 15) is 4.57 Å². The molecule has 0 aliphatic carbocycles. The Labute approximate surface area is 114 Å². The van der Waals surface area contributed by atoms with Gasteiger partial charge in [0.1, 0.15) is 0 Å². The lowest BCUT2D eigenvalue weighted by molar-refractivity contribution is 0.125. The first kappa shape index (κ1) is 15.9. The van der Waals surface area contributed by atoms with Crippen LogP contribution in [-0.4, -0.2) is 18.9 Å². The number of hydrogen-bond donors (Lipinski definition) is 0. The van der Waals surface area contributed by atoms with Crippen LogP contribution in [0, 0.1) is 6.92 Å². The monoisotopic (exact) mass is 285 g/mol. The van der Waals surface area contributed by atoms with E-state index in [1.54, 1.807) is 20.8 Å². The van der Waals surface area contributed by atoms with Gasteiger partial charge >= 0.3 is 7.82 Å². The van der Waals surface area contributed by atoms with Crippen LogP contribution in [0.2, 0.25) is 0 Å². The SMILES string of the molecule is CCOP(=O)(OCC)O/N=C(\C)c1cccc(C)c1. The Kier molecular flexibility index (Phi) is 6.22. The summed E-state index contributed by atoms with van der Waals surface area (Å²) in [6.07, 6.45) is 0. The molecule has 0 unspecified atom stereocenters. The average molecular weight is 285 g/mol. The molecule has 1 aromatic rings. The number of aryl methyl sites for hydroxylation is 1. The molecule has 0 saturated heterocycles. The van der Waals surface area contributed by atoms with E-state index >= 15 is 0 Å². The van der Waals surface area contributed by atoms with Gasteiger partial charge in [0.05, 0.1) is 18.9 Å². The number of phosphoric acid groups is 1. The fraction of sp³-hybridized carbons (Fsp3) is 0.462. The zero-order valence-electron chi connectivity index (χ0n) is 11.8. The van der Waals surface area contributed by atoms with E-state index in [2.05, 4.69) is 5.16 Å². The molecule has 0 aliphatic heterocycles. The first-order chi connectivity index (χ1) is 9.00. The maximum Gasteiger partial charge on any atom is 0.550 e. The lowest BCUT2D eigenvalue weighted by Crippen LogP contribution is -2.00. The van der Waals surface area contributed by atoms with E-state index in [1.807, 2.05) is 31.2 Å². The summed E-state index contributed by atoms with van der Waals surface area (Å²) in [5, 5.41) is 3.85. The first-order valence-electron chi connectivity index (χ1n) is 6.20. The van der Waals surface area contributed by atoms with E-state index in [4.69, 9.17) is 13.7 Å². The van der Waals surface area contributed by atoms with Crippen molar-refractivity contribution in [3.8, 4) is 0 Å².